The Balaban J connectivity index is 4.33. The van der Waals surface area contributed by atoms with Gasteiger partial charge in [0, 0.05) is 37.8 Å². The van der Waals surface area contributed by atoms with E-state index >= 15 is 0 Å². The van der Waals surface area contributed by atoms with Gasteiger partial charge in [-0.15, -0.1) is 0 Å². The number of alkyl halides is 1. The molecular weight excluding hydrogens is 272 g/mol. The Morgan fingerprint density at radius 1 is 1.50 bits per heavy atom. The second-order valence-electron chi connectivity index (χ2n) is 3.43. The Bertz CT molecular complexity index is 272. The third-order valence-electron chi connectivity index (χ3n) is 2.15. The highest BCUT2D eigenvalue weighted by Gasteiger charge is 2.14. The van der Waals surface area contributed by atoms with Crippen LogP contribution in [0, 0.1) is 17.2 Å². The average molecular weight is 289 g/mol. The molecule has 0 saturated carbocycles. The fraction of sp³-hybridized carbons (Fsp3) is 0.545. The lowest BCUT2D eigenvalue weighted by molar-refractivity contribution is 0.132. The summed E-state index contributed by atoms with van der Waals surface area (Å²) >= 11 is 3.19. The minimum absolute atomic E-state index is 0.0931. The van der Waals surface area contributed by atoms with E-state index in [2.05, 4.69) is 35.2 Å². The second-order valence-corrected chi connectivity index (χ2v) is 4.54. The summed E-state index contributed by atoms with van der Waals surface area (Å²) in [7, 11) is 0. The zero-order valence-electron chi connectivity index (χ0n) is 9.14. The standard InChI is InChI=1S/C11H17BrN2O2/c1-3-14(6-10(7-15)8-16)9(2)4-11(12)5-13/h3,10-11,15-16H,1-2,4,6-8H2. The average Bonchev–Trinajstić information content (AvgIpc) is 2.30. The Hall–Kier alpha value is -0.830. The van der Waals surface area contributed by atoms with Crippen LogP contribution in [0.1, 0.15) is 6.42 Å². The maximum Gasteiger partial charge on any atom is 0.107 e. The van der Waals surface area contributed by atoms with Crippen LogP contribution >= 0.6 is 15.9 Å². The number of hydrogen-bond donors (Lipinski definition) is 2. The van der Waals surface area contributed by atoms with Gasteiger partial charge in [-0.3, -0.25) is 0 Å². The number of halogens is 1. The van der Waals surface area contributed by atoms with Crippen molar-refractivity contribution in [1.82, 2.24) is 4.90 Å². The molecule has 0 aromatic carbocycles. The van der Waals surface area contributed by atoms with Crippen molar-refractivity contribution in [2.24, 2.45) is 5.92 Å². The van der Waals surface area contributed by atoms with Gasteiger partial charge in [-0.1, -0.05) is 29.1 Å². The number of hydrogen-bond acceptors (Lipinski definition) is 4. The SMILES string of the molecule is C=CN(CC(CO)CO)C(=C)CC(Br)C#N. The number of rotatable bonds is 8. The molecule has 0 fully saturated rings. The first-order valence-electron chi connectivity index (χ1n) is 4.91. The van der Waals surface area contributed by atoms with Gasteiger partial charge in [0.1, 0.15) is 4.83 Å². The summed E-state index contributed by atoms with van der Waals surface area (Å²) in [6, 6.07) is 2.05. The third kappa shape index (κ3) is 5.31. The molecule has 0 bridgehead atoms. The normalized spacial score (nSPS) is 11.9. The largest absolute Gasteiger partial charge is 0.396 e. The van der Waals surface area contributed by atoms with E-state index in [0.29, 0.717) is 13.0 Å². The van der Waals surface area contributed by atoms with Crippen molar-refractivity contribution in [2.75, 3.05) is 19.8 Å². The summed E-state index contributed by atoms with van der Waals surface area (Å²) in [6.45, 7) is 7.74. The van der Waals surface area contributed by atoms with Crippen LogP contribution in [0.25, 0.3) is 0 Å². The molecule has 0 rings (SSSR count). The van der Waals surface area contributed by atoms with Gasteiger partial charge in [-0.2, -0.15) is 5.26 Å². The Kier molecular flexibility index (Phi) is 7.90. The maximum atomic E-state index is 8.97. The summed E-state index contributed by atoms with van der Waals surface area (Å²) in [4.78, 5) is 1.45. The predicted octanol–water partition coefficient (Wildman–Crippen LogP) is 1.22. The van der Waals surface area contributed by atoms with Crippen LogP contribution in [0.2, 0.25) is 0 Å². The van der Waals surface area contributed by atoms with E-state index < -0.39 is 0 Å². The molecule has 1 atom stereocenters. The molecule has 0 aliphatic heterocycles. The molecular formula is C11H17BrN2O2. The van der Waals surface area contributed by atoms with Crippen LogP contribution in [0.5, 0.6) is 0 Å². The zero-order valence-corrected chi connectivity index (χ0v) is 10.7. The first-order chi connectivity index (χ1) is 7.58. The van der Waals surface area contributed by atoms with Crippen LogP contribution in [0.4, 0.5) is 0 Å². The van der Waals surface area contributed by atoms with Gasteiger partial charge in [-0.25, -0.2) is 0 Å². The maximum absolute atomic E-state index is 8.97. The molecule has 4 nitrogen and oxygen atoms in total. The highest BCUT2D eigenvalue weighted by Crippen LogP contribution is 2.16. The van der Waals surface area contributed by atoms with Crippen molar-refractivity contribution < 1.29 is 10.2 Å². The van der Waals surface area contributed by atoms with E-state index in [1.54, 1.807) is 11.1 Å². The smallest absolute Gasteiger partial charge is 0.107 e. The van der Waals surface area contributed by atoms with Crippen LogP contribution in [-0.4, -0.2) is 39.7 Å². The molecule has 16 heavy (non-hydrogen) atoms. The van der Waals surface area contributed by atoms with E-state index in [9.17, 15) is 0 Å². The summed E-state index contributed by atoms with van der Waals surface area (Å²) in [5.41, 5.74) is 0.727. The quantitative estimate of drug-likeness (QED) is 0.659. The van der Waals surface area contributed by atoms with Gasteiger partial charge >= 0.3 is 0 Å². The van der Waals surface area contributed by atoms with Crippen molar-refractivity contribution in [3.8, 4) is 6.07 Å². The highest BCUT2D eigenvalue weighted by molar-refractivity contribution is 9.09. The summed E-state index contributed by atoms with van der Waals surface area (Å²) in [5.74, 6) is -0.231. The van der Waals surface area contributed by atoms with Gasteiger partial charge in [0.25, 0.3) is 0 Å². The third-order valence-corrected chi connectivity index (χ3v) is 2.68. The van der Waals surface area contributed by atoms with Crippen molar-refractivity contribution in [3.05, 3.63) is 25.1 Å². The van der Waals surface area contributed by atoms with Crippen molar-refractivity contribution in [2.45, 2.75) is 11.2 Å². The molecule has 1 unspecified atom stereocenters. The summed E-state index contributed by atoms with van der Waals surface area (Å²) in [5, 5.41) is 26.6. The molecule has 5 heteroatoms. The van der Waals surface area contributed by atoms with E-state index in [0.717, 1.165) is 5.70 Å². The van der Waals surface area contributed by atoms with Crippen LogP contribution in [0.3, 0.4) is 0 Å². The van der Waals surface area contributed by atoms with Gasteiger partial charge < -0.3 is 15.1 Å². The van der Waals surface area contributed by atoms with Gasteiger partial charge in [0.15, 0.2) is 0 Å². The lowest BCUT2D eigenvalue weighted by Crippen LogP contribution is -2.28. The van der Waals surface area contributed by atoms with E-state index in [4.69, 9.17) is 15.5 Å². The summed E-state index contributed by atoms with van der Waals surface area (Å²) in [6.07, 6.45) is 2.06. The Morgan fingerprint density at radius 2 is 2.06 bits per heavy atom. The minimum Gasteiger partial charge on any atom is -0.396 e. The van der Waals surface area contributed by atoms with Crippen molar-refractivity contribution in [3.63, 3.8) is 0 Å². The minimum atomic E-state index is -0.288. The first-order valence-corrected chi connectivity index (χ1v) is 5.83. The number of aliphatic hydroxyl groups excluding tert-OH is 2. The fourth-order valence-electron chi connectivity index (χ4n) is 1.15. The lowest BCUT2D eigenvalue weighted by atomic mass is 10.1. The number of nitriles is 1. The molecule has 0 aromatic heterocycles. The predicted molar refractivity (Wildman–Crippen MR) is 66.6 cm³/mol. The molecule has 0 radical (unpaired) electrons. The van der Waals surface area contributed by atoms with E-state index in [-0.39, 0.29) is 24.0 Å². The second kappa shape index (κ2) is 8.34. The van der Waals surface area contributed by atoms with Crippen LogP contribution in [-0.2, 0) is 0 Å². The van der Waals surface area contributed by atoms with Crippen LogP contribution in [0.15, 0.2) is 25.1 Å². The number of allylic oxidation sites excluding steroid dienone is 1. The monoisotopic (exact) mass is 288 g/mol. The van der Waals surface area contributed by atoms with E-state index in [1.807, 2.05) is 0 Å². The van der Waals surface area contributed by atoms with Gasteiger partial charge in [0.05, 0.1) is 6.07 Å². The highest BCUT2D eigenvalue weighted by atomic mass is 79.9. The Labute approximate surface area is 105 Å². The molecule has 0 heterocycles. The molecule has 0 aliphatic rings. The Morgan fingerprint density at radius 3 is 2.44 bits per heavy atom. The number of aliphatic hydroxyl groups is 2. The molecule has 0 aromatic rings. The van der Waals surface area contributed by atoms with Crippen molar-refractivity contribution in [1.29, 1.82) is 5.26 Å². The molecule has 2 N–H and O–H groups in total. The first kappa shape index (κ1) is 15.2. The van der Waals surface area contributed by atoms with Gasteiger partial charge in [0.2, 0.25) is 0 Å². The molecule has 90 valence electrons. The zero-order chi connectivity index (χ0) is 12.6. The van der Waals surface area contributed by atoms with Crippen LogP contribution < -0.4 is 0 Å². The fourth-order valence-corrected chi connectivity index (χ4v) is 1.53. The summed E-state index contributed by atoms with van der Waals surface area (Å²) < 4.78 is 0. The topological polar surface area (TPSA) is 67.5 Å². The molecule has 0 spiro atoms. The number of nitrogens with zero attached hydrogens (tertiary/aromatic N) is 2. The molecule has 0 amide bonds. The molecule has 0 aliphatic carbocycles. The van der Waals surface area contributed by atoms with Crippen molar-refractivity contribution >= 4 is 15.9 Å². The van der Waals surface area contributed by atoms with Gasteiger partial charge in [-0.05, 0) is 6.20 Å². The molecule has 0 saturated heterocycles. The lowest BCUT2D eigenvalue weighted by Gasteiger charge is -2.26. The van der Waals surface area contributed by atoms with E-state index in [1.165, 1.54) is 0 Å².